The summed E-state index contributed by atoms with van der Waals surface area (Å²) in [5.41, 5.74) is -0.634. The summed E-state index contributed by atoms with van der Waals surface area (Å²) < 4.78 is 5.86. The van der Waals surface area contributed by atoms with Crippen molar-refractivity contribution in [1.29, 1.82) is 0 Å². The van der Waals surface area contributed by atoms with Gasteiger partial charge in [0.1, 0.15) is 11.3 Å². The minimum Gasteiger partial charge on any atom is -0.482 e. The lowest BCUT2D eigenvalue weighted by molar-refractivity contribution is -0.139. The van der Waals surface area contributed by atoms with E-state index in [9.17, 15) is 19.2 Å². The van der Waals surface area contributed by atoms with E-state index in [1.807, 2.05) is 0 Å². The zero-order valence-electron chi connectivity index (χ0n) is 13.7. The number of carboxylic acid groups (broad SMARTS) is 1. The topological polar surface area (TPSA) is 122 Å². The van der Waals surface area contributed by atoms with E-state index < -0.39 is 29.7 Å². The van der Waals surface area contributed by atoms with Gasteiger partial charge < -0.3 is 19.7 Å². The molecule has 9 heteroatoms. The van der Waals surface area contributed by atoms with Crippen molar-refractivity contribution in [3.05, 3.63) is 62.4 Å². The van der Waals surface area contributed by atoms with Gasteiger partial charge >= 0.3 is 11.7 Å². The van der Waals surface area contributed by atoms with E-state index >= 15 is 0 Å². The number of amides is 1. The average molecular weight is 347 g/mol. The summed E-state index contributed by atoms with van der Waals surface area (Å²) in [5, 5.41) is 8.56. The normalized spacial score (nSPS) is 10.3. The number of hydrogen-bond donors (Lipinski definition) is 2. The molecule has 0 unspecified atom stereocenters. The molecule has 9 nitrogen and oxygen atoms in total. The summed E-state index contributed by atoms with van der Waals surface area (Å²) in [6, 6.07) is 6.56. The molecular formula is C16H17N3O6. The van der Waals surface area contributed by atoms with Crippen LogP contribution in [0.1, 0.15) is 15.9 Å². The van der Waals surface area contributed by atoms with Crippen LogP contribution in [-0.2, 0) is 18.4 Å². The molecule has 2 N–H and O–H groups in total. The van der Waals surface area contributed by atoms with E-state index in [2.05, 4.69) is 4.98 Å². The molecule has 132 valence electrons. The zero-order valence-corrected chi connectivity index (χ0v) is 13.7. The lowest BCUT2D eigenvalue weighted by atomic mass is 10.2. The first kappa shape index (κ1) is 18.0. The molecule has 0 radical (unpaired) electrons. The summed E-state index contributed by atoms with van der Waals surface area (Å²) in [6.07, 6.45) is 1.10. The van der Waals surface area contributed by atoms with Crippen LogP contribution >= 0.6 is 0 Å². The second kappa shape index (κ2) is 7.47. The molecule has 0 aliphatic carbocycles. The van der Waals surface area contributed by atoms with Gasteiger partial charge in [-0.25, -0.2) is 9.59 Å². The minimum atomic E-state index is -1.07. The number of aliphatic carboxylic acids is 1. The first-order valence-corrected chi connectivity index (χ1v) is 7.27. The highest BCUT2D eigenvalue weighted by molar-refractivity contribution is 5.93. The molecule has 1 amide bonds. The van der Waals surface area contributed by atoms with E-state index in [1.54, 1.807) is 24.3 Å². The van der Waals surface area contributed by atoms with Crippen LogP contribution in [0.15, 0.2) is 40.1 Å². The Kier molecular flexibility index (Phi) is 5.38. The molecule has 1 aromatic carbocycles. The molecule has 0 aliphatic heterocycles. The predicted molar refractivity (Wildman–Crippen MR) is 87.7 cm³/mol. The molecule has 0 bridgehead atoms. The second-order valence-corrected chi connectivity index (χ2v) is 5.36. The minimum absolute atomic E-state index is 0.133. The molecule has 0 saturated heterocycles. The number of H-pyrrole nitrogens is 1. The number of carbonyl (C=O) groups is 2. The van der Waals surface area contributed by atoms with Crippen molar-refractivity contribution in [1.82, 2.24) is 14.5 Å². The van der Waals surface area contributed by atoms with Gasteiger partial charge in [-0.05, 0) is 17.7 Å². The Morgan fingerprint density at radius 2 is 1.88 bits per heavy atom. The van der Waals surface area contributed by atoms with Gasteiger partial charge in [-0.3, -0.25) is 14.2 Å². The Hall–Kier alpha value is -3.36. The Bertz CT molecular complexity index is 897. The first-order valence-electron chi connectivity index (χ1n) is 7.27. The molecule has 0 saturated carbocycles. The Morgan fingerprint density at radius 3 is 2.48 bits per heavy atom. The number of hydrogen-bond acceptors (Lipinski definition) is 5. The van der Waals surface area contributed by atoms with E-state index in [0.717, 1.165) is 16.3 Å². The largest absolute Gasteiger partial charge is 0.482 e. The highest BCUT2D eigenvalue weighted by Crippen LogP contribution is 2.13. The van der Waals surface area contributed by atoms with Gasteiger partial charge in [-0.1, -0.05) is 12.1 Å². The number of rotatable bonds is 6. The number of aromatic nitrogens is 2. The molecular weight excluding hydrogens is 330 g/mol. The highest BCUT2D eigenvalue weighted by atomic mass is 16.5. The quantitative estimate of drug-likeness (QED) is 0.747. The van der Waals surface area contributed by atoms with Crippen LogP contribution in [0.25, 0.3) is 0 Å². The maximum absolute atomic E-state index is 12.4. The zero-order chi connectivity index (χ0) is 18.6. The number of ether oxygens (including phenoxy) is 1. The van der Waals surface area contributed by atoms with Gasteiger partial charge in [0.15, 0.2) is 6.61 Å². The number of aromatic amines is 1. The number of carbonyl (C=O) groups excluding carboxylic acids is 1. The summed E-state index contributed by atoms with van der Waals surface area (Å²) in [4.78, 5) is 49.8. The fraction of sp³-hybridized carbons (Fsp3) is 0.250. The molecule has 2 rings (SSSR count). The Labute approximate surface area is 142 Å². The van der Waals surface area contributed by atoms with Crippen molar-refractivity contribution < 1.29 is 19.4 Å². The maximum atomic E-state index is 12.4. The SMILES string of the molecule is CN(Cc1ccc(OCC(=O)O)cc1)C(=O)c1c[nH]c(=O)n(C)c1=O. The van der Waals surface area contributed by atoms with Crippen molar-refractivity contribution in [2.24, 2.45) is 7.05 Å². The van der Waals surface area contributed by atoms with Crippen LogP contribution in [0.3, 0.4) is 0 Å². The van der Waals surface area contributed by atoms with Crippen molar-refractivity contribution in [2.75, 3.05) is 13.7 Å². The van der Waals surface area contributed by atoms with Crippen LogP contribution in [0.5, 0.6) is 5.75 Å². The number of nitrogens with one attached hydrogen (secondary N) is 1. The fourth-order valence-electron chi connectivity index (χ4n) is 2.11. The van der Waals surface area contributed by atoms with Crippen LogP contribution in [-0.4, -0.2) is 45.1 Å². The van der Waals surface area contributed by atoms with Crippen LogP contribution < -0.4 is 16.0 Å². The van der Waals surface area contributed by atoms with E-state index in [-0.39, 0.29) is 12.1 Å². The lowest BCUT2D eigenvalue weighted by Gasteiger charge is -2.17. The van der Waals surface area contributed by atoms with Crippen molar-refractivity contribution >= 4 is 11.9 Å². The Balaban J connectivity index is 2.09. The number of carboxylic acids is 1. The van der Waals surface area contributed by atoms with Crippen LogP contribution in [0, 0.1) is 0 Å². The molecule has 0 aliphatic rings. The average Bonchev–Trinajstić information content (AvgIpc) is 2.58. The van der Waals surface area contributed by atoms with Gasteiger partial charge in [-0.2, -0.15) is 0 Å². The molecule has 1 heterocycles. The fourth-order valence-corrected chi connectivity index (χ4v) is 2.11. The summed E-state index contributed by atoms with van der Waals surface area (Å²) in [6.45, 7) is -0.215. The molecule has 2 aromatic rings. The molecule has 1 aromatic heterocycles. The van der Waals surface area contributed by atoms with Gasteiger partial charge in [0.2, 0.25) is 0 Å². The smallest absolute Gasteiger partial charge is 0.341 e. The van der Waals surface area contributed by atoms with Crippen molar-refractivity contribution in [2.45, 2.75) is 6.54 Å². The third-order valence-electron chi connectivity index (χ3n) is 3.46. The van der Waals surface area contributed by atoms with Crippen LogP contribution in [0.4, 0.5) is 0 Å². The molecule has 25 heavy (non-hydrogen) atoms. The van der Waals surface area contributed by atoms with Gasteiger partial charge in [0.25, 0.3) is 11.5 Å². The standard InChI is InChI=1S/C16H17N3O6/c1-18(14(22)12-7-17-16(24)19(2)15(12)23)8-10-3-5-11(6-4-10)25-9-13(20)21/h3-7H,8-9H2,1-2H3,(H,17,24)(H,20,21). The monoisotopic (exact) mass is 347 g/mol. The third kappa shape index (κ3) is 4.34. The van der Waals surface area contributed by atoms with Crippen molar-refractivity contribution in [3.8, 4) is 5.75 Å². The molecule has 0 spiro atoms. The Morgan fingerprint density at radius 1 is 1.24 bits per heavy atom. The predicted octanol–water partition coefficient (Wildman–Crippen LogP) is -0.191. The van der Waals surface area contributed by atoms with E-state index in [0.29, 0.717) is 5.75 Å². The van der Waals surface area contributed by atoms with Crippen molar-refractivity contribution in [3.63, 3.8) is 0 Å². The number of benzene rings is 1. The van der Waals surface area contributed by atoms with Gasteiger partial charge in [-0.15, -0.1) is 0 Å². The summed E-state index contributed by atoms with van der Waals surface area (Å²) >= 11 is 0. The van der Waals surface area contributed by atoms with E-state index in [4.69, 9.17) is 9.84 Å². The maximum Gasteiger partial charge on any atom is 0.341 e. The van der Waals surface area contributed by atoms with E-state index in [1.165, 1.54) is 19.0 Å². The third-order valence-corrected chi connectivity index (χ3v) is 3.46. The van der Waals surface area contributed by atoms with Gasteiger partial charge in [0, 0.05) is 26.8 Å². The van der Waals surface area contributed by atoms with Crippen LogP contribution in [0.2, 0.25) is 0 Å². The van der Waals surface area contributed by atoms with Gasteiger partial charge in [0.05, 0.1) is 0 Å². The lowest BCUT2D eigenvalue weighted by Crippen LogP contribution is -2.39. The highest BCUT2D eigenvalue weighted by Gasteiger charge is 2.17. The second-order valence-electron chi connectivity index (χ2n) is 5.36. The summed E-state index contributed by atoms with van der Waals surface area (Å²) in [5.74, 6) is -1.20. The first-order chi connectivity index (χ1) is 11.8. The molecule has 0 fully saturated rings. The number of nitrogens with zero attached hydrogens (tertiary/aromatic N) is 2. The molecule has 0 atom stereocenters. The summed E-state index contributed by atoms with van der Waals surface area (Å²) in [7, 11) is 2.81.